The Bertz CT molecular complexity index is 798. The average molecular weight is 412 g/mol. The van der Waals surface area contributed by atoms with Crippen LogP contribution in [0.3, 0.4) is 0 Å². The summed E-state index contributed by atoms with van der Waals surface area (Å²) in [6.45, 7) is 0.379. The van der Waals surface area contributed by atoms with Crippen LogP contribution in [0.5, 0.6) is 0 Å². The molecular weight excluding hydrogens is 401 g/mol. The van der Waals surface area contributed by atoms with Gasteiger partial charge < -0.3 is 9.72 Å². The van der Waals surface area contributed by atoms with Gasteiger partial charge in [-0.05, 0) is 59.0 Å². The van der Waals surface area contributed by atoms with E-state index in [1.54, 1.807) is 24.3 Å². The summed E-state index contributed by atoms with van der Waals surface area (Å²) in [7, 11) is 0. The lowest BCUT2D eigenvalue weighted by Crippen LogP contribution is -2.22. The molecule has 4 nitrogen and oxygen atoms in total. The van der Waals surface area contributed by atoms with Crippen molar-refractivity contribution in [3.63, 3.8) is 0 Å². The lowest BCUT2D eigenvalue weighted by atomic mass is 10.2. The fraction of sp³-hybridized carbons (Fsp3) is 0.0667. The number of rotatable bonds is 3. The summed E-state index contributed by atoms with van der Waals surface area (Å²) >= 11 is 8.13. The zero-order valence-electron chi connectivity index (χ0n) is 10.9. The monoisotopic (exact) mass is 411 g/mol. The van der Waals surface area contributed by atoms with Crippen molar-refractivity contribution in [3.8, 4) is 0 Å². The minimum Gasteiger partial charge on any atom is -0.346 e. The maximum atomic E-state index is 12.0. The van der Waals surface area contributed by atoms with E-state index in [1.165, 1.54) is 0 Å². The number of pyridine rings is 1. The Hall–Kier alpha value is -1.60. The van der Waals surface area contributed by atoms with Gasteiger partial charge in [0.15, 0.2) is 0 Å². The van der Waals surface area contributed by atoms with Gasteiger partial charge in [0.25, 0.3) is 5.91 Å². The Balaban J connectivity index is 1.71. The van der Waals surface area contributed by atoms with Crippen molar-refractivity contribution in [2.75, 3.05) is 0 Å². The fourth-order valence-corrected chi connectivity index (χ4v) is 2.48. The number of fused-ring (bicyclic) bond motifs is 1. The lowest BCUT2D eigenvalue weighted by molar-refractivity contribution is 0.0950. The number of imidazole rings is 1. The number of nitrogens with one attached hydrogen (secondary N) is 1. The molecular formula is C15H11ClIN3O. The number of carbonyl (C=O) groups excluding carboxylic acids is 1. The Morgan fingerprint density at radius 1 is 1.29 bits per heavy atom. The van der Waals surface area contributed by atoms with Crippen LogP contribution in [-0.4, -0.2) is 15.3 Å². The van der Waals surface area contributed by atoms with Gasteiger partial charge in [-0.3, -0.25) is 4.79 Å². The van der Waals surface area contributed by atoms with Gasteiger partial charge in [0.05, 0.1) is 12.2 Å². The first kappa shape index (κ1) is 14.3. The third-order valence-electron chi connectivity index (χ3n) is 3.01. The SMILES string of the molecule is O=C(NCc1cn2ccc(Cl)cc2n1)c1ccc(I)cc1. The molecule has 0 saturated heterocycles. The van der Waals surface area contributed by atoms with Crippen LogP contribution in [-0.2, 0) is 6.54 Å². The van der Waals surface area contributed by atoms with Gasteiger partial charge in [0, 0.05) is 26.5 Å². The second-order valence-corrected chi connectivity index (χ2v) is 6.21. The van der Waals surface area contributed by atoms with Crippen molar-refractivity contribution in [1.82, 2.24) is 14.7 Å². The number of hydrogen-bond donors (Lipinski definition) is 1. The van der Waals surface area contributed by atoms with Crippen molar-refractivity contribution in [2.24, 2.45) is 0 Å². The highest BCUT2D eigenvalue weighted by Crippen LogP contribution is 2.12. The Kier molecular flexibility index (Phi) is 4.12. The summed E-state index contributed by atoms with van der Waals surface area (Å²) in [6, 6.07) is 11.0. The van der Waals surface area contributed by atoms with E-state index in [9.17, 15) is 4.79 Å². The molecule has 1 aromatic carbocycles. The van der Waals surface area contributed by atoms with Gasteiger partial charge in [-0.1, -0.05) is 11.6 Å². The van der Waals surface area contributed by atoms with Gasteiger partial charge in [-0.15, -0.1) is 0 Å². The molecule has 106 valence electrons. The molecule has 0 unspecified atom stereocenters. The van der Waals surface area contributed by atoms with E-state index >= 15 is 0 Å². The van der Waals surface area contributed by atoms with Crippen molar-refractivity contribution in [3.05, 3.63) is 68.6 Å². The van der Waals surface area contributed by atoms with Crippen LogP contribution in [0, 0.1) is 3.57 Å². The van der Waals surface area contributed by atoms with Crippen LogP contribution >= 0.6 is 34.2 Å². The number of halogens is 2. The van der Waals surface area contributed by atoms with E-state index in [2.05, 4.69) is 32.9 Å². The largest absolute Gasteiger partial charge is 0.346 e. The minimum atomic E-state index is -0.110. The molecule has 0 radical (unpaired) electrons. The molecule has 3 aromatic rings. The molecule has 1 N–H and O–H groups in total. The van der Waals surface area contributed by atoms with Crippen LogP contribution in [0.1, 0.15) is 16.1 Å². The van der Waals surface area contributed by atoms with Crippen molar-refractivity contribution >= 4 is 45.7 Å². The molecule has 0 atom stereocenters. The second kappa shape index (κ2) is 6.03. The summed E-state index contributed by atoms with van der Waals surface area (Å²) in [5, 5.41) is 3.50. The zero-order chi connectivity index (χ0) is 14.8. The number of nitrogens with zero attached hydrogens (tertiary/aromatic N) is 2. The van der Waals surface area contributed by atoms with Crippen LogP contribution in [0.4, 0.5) is 0 Å². The fourth-order valence-electron chi connectivity index (χ4n) is 1.97. The third kappa shape index (κ3) is 3.36. The predicted molar refractivity (Wildman–Crippen MR) is 90.5 cm³/mol. The molecule has 21 heavy (non-hydrogen) atoms. The molecule has 6 heteroatoms. The molecule has 0 saturated carbocycles. The quantitative estimate of drug-likeness (QED) is 0.670. The van der Waals surface area contributed by atoms with E-state index in [0.717, 1.165) is 14.9 Å². The maximum Gasteiger partial charge on any atom is 0.251 e. The zero-order valence-corrected chi connectivity index (χ0v) is 13.8. The van der Waals surface area contributed by atoms with Crippen molar-refractivity contribution < 1.29 is 4.79 Å². The van der Waals surface area contributed by atoms with E-state index in [-0.39, 0.29) is 5.91 Å². The Morgan fingerprint density at radius 2 is 2.05 bits per heavy atom. The summed E-state index contributed by atoms with van der Waals surface area (Å²) in [4.78, 5) is 16.4. The number of amides is 1. The van der Waals surface area contributed by atoms with Crippen LogP contribution in [0.15, 0.2) is 48.8 Å². The first-order valence-corrected chi connectivity index (χ1v) is 7.74. The molecule has 3 rings (SSSR count). The standard InChI is InChI=1S/C15H11ClIN3O/c16-11-5-6-20-9-13(19-14(20)7-11)8-18-15(21)10-1-3-12(17)4-2-10/h1-7,9H,8H2,(H,18,21). The number of hydrogen-bond acceptors (Lipinski definition) is 2. The molecule has 0 aliphatic heterocycles. The summed E-state index contributed by atoms with van der Waals surface area (Å²) in [6.07, 6.45) is 3.72. The van der Waals surface area contributed by atoms with Gasteiger partial charge in [-0.25, -0.2) is 4.98 Å². The van der Waals surface area contributed by atoms with Gasteiger partial charge >= 0.3 is 0 Å². The van der Waals surface area contributed by atoms with Crippen LogP contribution in [0.2, 0.25) is 5.02 Å². The van der Waals surface area contributed by atoms with Gasteiger partial charge in [-0.2, -0.15) is 0 Å². The normalized spacial score (nSPS) is 10.8. The van der Waals surface area contributed by atoms with Crippen LogP contribution in [0.25, 0.3) is 5.65 Å². The second-order valence-electron chi connectivity index (χ2n) is 4.53. The minimum absolute atomic E-state index is 0.110. The molecule has 2 heterocycles. The smallest absolute Gasteiger partial charge is 0.251 e. The topological polar surface area (TPSA) is 46.4 Å². The Labute approximate surface area is 140 Å². The molecule has 2 aromatic heterocycles. The van der Waals surface area contributed by atoms with E-state index < -0.39 is 0 Å². The highest BCUT2D eigenvalue weighted by atomic mass is 127. The highest BCUT2D eigenvalue weighted by Gasteiger charge is 2.07. The van der Waals surface area contributed by atoms with Gasteiger partial charge in [0.1, 0.15) is 5.65 Å². The molecule has 0 bridgehead atoms. The molecule has 1 amide bonds. The Morgan fingerprint density at radius 3 is 2.81 bits per heavy atom. The summed E-state index contributed by atoms with van der Waals surface area (Å²) in [5.74, 6) is -0.110. The lowest BCUT2D eigenvalue weighted by Gasteiger charge is -2.03. The first-order valence-electron chi connectivity index (χ1n) is 6.29. The predicted octanol–water partition coefficient (Wildman–Crippen LogP) is 3.52. The third-order valence-corrected chi connectivity index (χ3v) is 3.96. The number of benzene rings is 1. The number of aromatic nitrogens is 2. The van der Waals surface area contributed by atoms with Crippen molar-refractivity contribution in [2.45, 2.75) is 6.54 Å². The summed E-state index contributed by atoms with van der Waals surface area (Å²) < 4.78 is 2.97. The average Bonchev–Trinajstić information content (AvgIpc) is 2.87. The maximum absolute atomic E-state index is 12.0. The van der Waals surface area contributed by atoms with E-state index in [1.807, 2.05) is 28.9 Å². The van der Waals surface area contributed by atoms with E-state index in [0.29, 0.717) is 17.1 Å². The number of carbonyl (C=O) groups is 1. The molecule has 0 aliphatic carbocycles. The van der Waals surface area contributed by atoms with E-state index in [4.69, 9.17) is 11.6 Å². The first-order chi connectivity index (χ1) is 10.1. The van der Waals surface area contributed by atoms with Crippen molar-refractivity contribution in [1.29, 1.82) is 0 Å². The molecule has 0 spiro atoms. The summed E-state index contributed by atoms with van der Waals surface area (Å²) in [5.41, 5.74) is 2.19. The molecule has 0 fully saturated rings. The van der Waals surface area contributed by atoms with Gasteiger partial charge in [0.2, 0.25) is 0 Å². The van der Waals surface area contributed by atoms with Crippen LogP contribution < -0.4 is 5.32 Å². The molecule has 0 aliphatic rings. The highest BCUT2D eigenvalue weighted by molar-refractivity contribution is 14.1.